The molecule has 2 aliphatic heterocycles. The molecule has 2 unspecified atom stereocenters. The average molecular weight is 249 g/mol. The molecule has 0 saturated carbocycles. The number of nitrogens with one attached hydrogen (secondary N) is 2. The SMILES string of the molecule is Cl.O=C(CC1CCCN1)NCC1CCCO1. The lowest BCUT2D eigenvalue weighted by Crippen LogP contribution is -2.35. The molecule has 2 N–H and O–H groups in total. The molecule has 0 radical (unpaired) electrons. The van der Waals surface area contributed by atoms with Crippen molar-refractivity contribution < 1.29 is 9.53 Å². The van der Waals surface area contributed by atoms with E-state index in [1.54, 1.807) is 0 Å². The molecule has 0 aromatic carbocycles. The number of carbonyl (C=O) groups is 1. The standard InChI is InChI=1S/C11H20N2O2.ClH/c14-11(7-9-3-1-5-12-9)13-8-10-4-2-6-15-10;/h9-10,12H,1-8H2,(H,13,14);1H. The van der Waals surface area contributed by atoms with Gasteiger partial charge in [0.05, 0.1) is 6.10 Å². The predicted molar refractivity (Wildman–Crippen MR) is 64.9 cm³/mol. The Hall–Kier alpha value is -0.320. The molecule has 2 atom stereocenters. The first kappa shape index (κ1) is 13.7. The Morgan fingerprint density at radius 1 is 1.38 bits per heavy atom. The molecular formula is C11H21ClN2O2. The molecule has 16 heavy (non-hydrogen) atoms. The minimum Gasteiger partial charge on any atom is -0.376 e. The van der Waals surface area contributed by atoms with Crippen LogP contribution in [0.5, 0.6) is 0 Å². The number of halogens is 1. The number of hydrogen-bond donors (Lipinski definition) is 2. The molecule has 4 nitrogen and oxygen atoms in total. The van der Waals surface area contributed by atoms with E-state index in [2.05, 4.69) is 10.6 Å². The Labute approximate surface area is 103 Å². The molecule has 2 saturated heterocycles. The molecule has 0 aliphatic carbocycles. The highest BCUT2D eigenvalue weighted by molar-refractivity contribution is 5.85. The molecule has 2 aliphatic rings. The lowest BCUT2D eigenvalue weighted by Gasteiger charge is -2.13. The first-order chi connectivity index (χ1) is 7.34. The third kappa shape index (κ3) is 4.28. The van der Waals surface area contributed by atoms with Crippen molar-refractivity contribution >= 4 is 18.3 Å². The zero-order valence-electron chi connectivity index (χ0n) is 9.54. The zero-order chi connectivity index (χ0) is 10.5. The third-order valence-corrected chi connectivity index (χ3v) is 3.15. The summed E-state index contributed by atoms with van der Waals surface area (Å²) in [4.78, 5) is 11.5. The summed E-state index contributed by atoms with van der Waals surface area (Å²) in [6.45, 7) is 2.60. The van der Waals surface area contributed by atoms with Gasteiger partial charge in [-0.3, -0.25) is 4.79 Å². The average Bonchev–Trinajstić information content (AvgIpc) is 2.86. The van der Waals surface area contributed by atoms with Crippen molar-refractivity contribution in [3.8, 4) is 0 Å². The van der Waals surface area contributed by atoms with Gasteiger partial charge in [0.25, 0.3) is 0 Å². The Morgan fingerprint density at radius 3 is 2.88 bits per heavy atom. The Balaban J connectivity index is 0.00000128. The Bertz CT molecular complexity index is 214. The van der Waals surface area contributed by atoms with Crippen molar-refractivity contribution in [2.24, 2.45) is 0 Å². The number of hydrogen-bond acceptors (Lipinski definition) is 3. The van der Waals surface area contributed by atoms with Crippen molar-refractivity contribution in [3.05, 3.63) is 0 Å². The van der Waals surface area contributed by atoms with Gasteiger partial charge in [0.1, 0.15) is 0 Å². The second-order valence-corrected chi connectivity index (χ2v) is 4.44. The lowest BCUT2D eigenvalue weighted by atomic mass is 10.1. The van der Waals surface area contributed by atoms with E-state index in [9.17, 15) is 4.79 Å². The fraction of sp³-hybridized carbons (Fsp3) is 0.909. The molecule has 5 heteroatoms. The highest BCUT2D eigenvalue weighted by Gasteiger charge is 2.19. The molecule has 2 fully saturated rings. The van der Waals surface area contributed by atoms with Crippen LogP contribution in [0.2, 0.25) is 0 Å². The van der Waals surface area contributed by atoms with E-state index in [-0.39, 0.29) is 24.4 Å². The largest absolute Gasteiger partial charge is 0.376 e. The van der Waals surface area contributed by atoms with E-state index in [1.807, 2.05) is 0 Å². The molecule has 0 aromatic heterocycles. The number of ether oxygens (including phenoxy) is 1. The monoisotopic (exact) mass is 248 g/mol. The van der Waals surface area contributed by atoms with E-state index in [0.29, 0.717) is 19.0 Å². The summed E-state index contributed by atoms with van der Waals surface area (Å²) < 4.78 is 5.44. The molecular weight excluding hydrogens is 228 g/mol. The molecule has 0 spiro atoms. The Morgan fingerprint density at radius 2 is 2.25 bits per heavy atom. The number of rotatable bonds is 4. The van der Waals surface area contributed by atoms with Crippen LogP contribution in [-0.2, 0) is 9.53 Å². The summed E-state index contributed by atoms with van der Waals surface area (Å²) in [5.74, 6) is 0.157. The van der Waals surface area contributed by atoms with Gasteiger partial charge in [0, 0.05) is 25.6 Å². The van der Waals surface area contributed by atoms with Crippen LogP contribution >= 0.6 is 12.4 Å². The summed E-state index contributed by atoms with van der Waals surface area (Å²) in [5.41, 5.74) is 0. The minimum atomic E-state index is 0. The van der Waals surface area contributed by atoms with Crippen LogP contribution in [0, 0.1) is 0 Å². The summed E-state index contributed by atoms with van der Waals surface area (Å²) in [7, 11) is 0. The highest BCUT2D eigenvalue weighted by atomic mass is 35.5. The van der Waals surface area contributed by atoms with Crippen LogP contribution in [-0.4, -0.2) is 37.7 Å². The van der Waals surface area contributed by atoms with Gasteiger partial charge < -0.3 is 15.4 Å². The molecule has 0 bridgehead atoms. The van der Waals surface area contributed by atoms with Crippen LogP contribution < -0.4 is 10.6 Å². The van der Waals surface area contributed by atoms with E-state index >= 15 is 0 Å². The van der Waals surface area contributed by atoms with E-state index in [4.69, 9.17) is 4.74 Å². The van der Waals surface area contributed by atoms with Crippen molar-refractivity contribution in [1.29, 1.82) is 0 Å². The topological polar surface area (TPSA) is 50.4 Å². The van der Waals surface area contributed by atoms with Crippen LogP contribution in [0.1, 0.15) is 32.1 Å². The van der Waals surface area contributed by atoms with Gasteiger partial charge in [0.2, 0.25) is 5.91 Å². The second kappa shape index (κ2) is 7.09. The summed E-state index contributed by atoms with van der Waals surface area (Å²) in [5, 5.41) is 6.27. The van der Waals surface area contributed by atoms with Gasteiger partial charge in [-0.25, -0.2) is 0 Å². The van der Waals surface area contributed by atoms with Crippen LogP contribution in [0.4, 0.5) is 0 Å². The summed E-state index contributed by atoms with van der Waals surface area (Å²) in [6.07, 6.45) is 5.42. The van der Waals surface area contributed by atoms with Crippen LogP contribution in [0.25, 0.3) is 0 Å². The van der Waals surface area contributed by atoms with Gasteiger partial charge in [0.15, 0.2) is 0 Å². The van der Waals surface area contributed by atoms with Crippen molar-refractivity contribution in [1.82, 2.24) is 10.6 Å². The molecule has 2 rings (SSSR count). The minimum absolute atomic E-state index is 0. The second-order valence-electron chi connectivity index (χ2n) is 4.44. The maximum Gasteiger partial charge on any atom is 0.221 e. The highest BCUT2D eigenvalue weighted by Crippen LogP contribution is 2.11. The van der Waals surface area contributed by atoms with E-state index in [0.717, 1.165) is 32.4 Å². The smallest absolute Gasteiger partial charge is 0.221 e. The normalized spacial score (nSPS) is 28.8. The predicted octanol–water partition coefficient (Wildman–Crippen LogP) is 0.845. The van der Waals surface area contributed by atoms with Gasteiger partial charge in [-0.2, -0.15) is 0 Å². The third-order valence-electron chi connectivity index (χ3n) is 3.15. The lowest BCUT2D eigenvalue weighted by molar-refractivity contribution is -0.122. The molecule has 1 amide bonds. The first-order valence-corrected chi connectivity index (χ1v) is 5.96. The van der Waals surface area contributed by atoms with Crippen LogP contribution in [0.15, 0.2) is 0 Å². The quantitative estimate of drug-likeness (QED) is 0.776. The molecule has 0 aromatic rings. The fourth-order valence-corrected chi connectivity index (χ4v) is 2.26. The van der Waals surface area contributed by atoms with Crippen LogP contribution in [0.3, 0.4) is 0 Å². The zero-order valence-corrected chi connectivity index (χ0v) is 10.4. The van der Waals surface area contributed by atoms with Crippen molar-refractivity contribution in [3.63, 3.8) is 0 Å². The first-order valence-electron chi connectivity index (χ1n) is 5.96. The maximum absolute atomic E-state index is 11.5. The molecule has 2 heterocycles. The summed E-state index contributed by atoms with van der Waals surface area (Å²) >= 11 is 0. The van der Waals surface area contributed by atoms with Gasteiger partial charge in [-0.05, 0) is 32.2 Å². The number of amides is 1. The fourth-order valence-electron chi connectivity index (χ4n) is 2.26. The maximum atomic E-state index is 11.5. The van der Waals surface area contributed by atoms with E-state index in [1.165, 1.54) is 6.42 Å². The van der Waals surface area contributed by atoms with Gasteiger partial charge in [-0.15, -0.1) is 12.4 Å². The molecule has 94 valence electrons. The van der Waals surface area contributed by atoms with Crippen molar-refractivity contribution in [2.45, 2.75) is 44.2 Å². The number of carbonyl (C=O) groups excluding carboxylic acids is 1. The summed E-state index contributed by atoms with van der Waals surface area (Å²) in [6, 6.07) is 0.398. The van der Waals surface area contributed by atoms with Crippen molar-refractivity contribution in [2.75, 3.05) is 19.7 Å². The Kier molecular flexibility index (Phi) is 6.09. The van der Waals surface area contributed by atoms with Gasteiger partial charge in [-0.1, -0.05) is 0 Å². The van der Waals surface area contributed by atoms with Gasteiger partial charge >= 0.3 is 0 Å². The van der Waals surface area contributed by atoms with E-state index < -0.39 is 0 Å².